The molecule has 0 bridgehead atoms. The molecular weight excluding hydrogens is 342 g/mol. The molecule has 0 unspecified atom stereocenters. The zero-order chi connectivity index (χ0) is 18.4. The first-order valence-corrected chi connectivity index (χ1v) is 9.49. The fraction of sp³-hybridized carbons (Fsp3) is 0.238. The molecule has 3 rings (SSSR count). The van der Waals surface area contributed by atoms with Crippen LogP contribution in [0.1, 0.15) is 24.3 Å². The fourth-order valence-corrected chi connectivity index (χ4v) is 3.23. The van der Waals surface area contributed by atoms with Gasteiger partial charge >= 0.3 is 0 Å². The Hall–Kier alpha value is -2.66. The quantitative estimate of drug-likeness (QED) is 0.438. The van der Waals surface area contributed by atoms with E-state index in [-0.39, 0.29) is 0 Å². The van der Waals surface area contributed by atoms with Gasteiger partial charge in [0.15, 0.2) is 0 Å². The monoisotopic (exact) mass is 365 g/mol. The van der Waals surface area contributed by atoms with E-state index < -0.39 is 0 Å². The maximum absolute atomic E-state index is 5.85. The Morgan fingerprint density at radius 3 is 2.62 bits per heavy atom. The molecule has 0 saturated heterocycles. The summed E-state index contributed by atoms with van der Waals surface area (Å²) in [4.78, 5) is 5.82. The third-order valence-electron chi connectivity index (χ3n) is 3.70. The standard InChI is InChI=1S/C21H23N3OS/c1-15(2)14-25-19-12-8-7-11-18(19)13-22-24-21-23-20(16(3)26-21)17-9-5-4-6-10-17/h4-13,15H,14H2,1-3H3,(H,23,24)/b22-13-. The number of rotatable bonds is 7. The van der Waals surface area contributed by atoms with Crippen LogP contribution in [0.5, 0.6) is 5.75 Å². The van der Waals surface area contributed by atoms with Gasteiger partial charge in [-0.3, -0.25) is 5.43 Å². The molecule has 0 radical (unpaired) electrons. The van der Waals surface area contributed by atoms with E-state index in [1.54, 1.807) is 17.6 Å². The van der Waals surface area contributed by atoms with Crippen LogP contribution in [0.3, 0.4) is 0 Å². The number of para-hydroxylation sites is 1. The maximum atomic E-state index is 5.85. The highest BCUT2D eigenvalue weighted by Crippen LogP contribution is 2.30. The van der Waals surface area contributed by atoms with Gasteiger partial charge in [-0.05, 0) is 25.0 Å². The molecule has 0 atom stereocenters. The van der Waals surface area contributed by atoms with Crippen molar-refractivity contribution in [2.24, 2.45) is 11.0 Å². The molecule has 0 aliphatic rings. The average molecular weight is 366 g/mol. The van der Waals surface area contributed by atoms with Crippen LogP contribution >= 0.6 is 11.3 Å². The van der Waals surface area contributed by atoms with Crippen molar-refractivity contribution in [3.05, 3.63) is 65.0 Å². The molecule has 4 nitrogen and oxygen atoms in total. The second-order valence-electron chi connectivity index (χ2n) is 6.40. The van der Waals surface area contributed by atoms with E-state index in [2.05, 4.69) is 48.4 Å². The van der Waals surface area contributed by atoms with Gasteiger partial charge in [-0.2, -0.15) is 5.10 Å². The number of benzene rings is 2. The van der Waals surface area contributed by atoms with Crippen LogP contribution in [0.15, 0.2) is 59.7 Å². The lowest BCUT2D eigenvalue weighted by Crippen LogP contribution is -2.06. The number of anilines is 1. The van der Waals surface area contributed by atoms with Crippen LogP contribution in [0.4, 0.5) is 5.13 Å². The largest absolute Gasteiger partial charge is 0.493 e. The predicted octanol–water partition coefficient (Wildman–Crippen LogP) is 5.60. The second-order valence-corrected chi connectivity index (χ2v) is 7.61. The Labute approximate surface area is 158 Å². The second kappa shape index (κ2) is 8.63. The maximum Gasteiger partial charge on any atom is 0.204 e. The summed E-state index contributed by atoms with van der Waals surface area (Å²) in [6.45, 7) is 7.02. The van der Waals surface area contributed by atoms with E-state index >= 15 is 0 Å². The molecule has 26 heavy (non-hydrogen) atoms. The lowest BCUT2D eigenvalue weighted by Gasteiger charge is -2.10. The van der Waals surface area contributed by atoms with Crippen molar-refractivity contribution in [3.8, 4) is 17.0 Å². The van der Waals surface area contributed by atoms with E-state index in [0.29, 0.717) is 12.5 Å². The Morgan fingerprint density at radius 2 is 1.85 bits per heavy atom. The SMILES string of the molecule is Cc1sc(N/N=C\c2ccccc2OCC(C)C)nc1-c1ccccc1. The first-order valence-electron chi connectivity index (χ1n) is 8.67. The zero-order valence-corrected chi connectivity index (χ0v) is 16.1. The van der Waals surface area contributed by atoms with E-state index in [1.165, 1.54) is 0 Å². The lowest BCUT2D eigenvalue weighted by atomic mass is 10.1. The van der Waals surface area contributed by atoms with Crippen molar-refractivity contribution < 1.29 is 4.74 Å². The normalized spacial score (nSPS) is 11.2. The fourth-order valence-electron chi connectivity index (χ4n) is 2.44. The Balaban J connectivity index is 1.70. The number of thiazole rings is 1. The number of aromatic nitrogens is 1. The van der Waals surface area contributed by atoms with Gasteiger partial charge in [0.05, 0.1) is 18.5 Å². The number of hydrazone groups is 1. The molecule has 2 aromatic carbocycles. The van der Waals surface area contributed by atoms with Gasteiger partial charge in [-0.1, -0.05) is 56.3 Å². The minimum absolute atomic E-state index is 0.479. The summed E-state index contributed by atoms with van der Waals surface area (Å²) in [6.07, 6.45) is 1.77. The van der Waals surface area contributed by atoms with E-state index in [9.17, 15) is 0 Å². The summed E-state index contributed by atoms with van der Waals surface area (Å²) >= 11 is 1.60. The summed E-state index contributed by atoms with van der Waals surface area (Å²) < 4.78 is 5.85. The number of nitrogens with zero attached hydrogens (tertiary/aromatic N) is 2. The van der Waals surface area contributed by atoms with E-state index in [0.717, 1.165) is 32.6 Å². The highest BCUT2D eigenvalue weighted by Gasteiger charge is 2.09. The number of hydrogen-bond acceptors (Lipinski definition) is 5. The van der Waals surface area contributed by atoms with Gasteiger partial charge in [0, 0.05) is 16.0 Å². The van der Waals surface area contributed by atoms with Crippen molar-refractivity contribution in [1.29, 1.82) is 0 Å². The summed E-state index contributed by atoms with van der Waals surface area (Å²) in [6, 6.07) is 18.1. The van der Waals surface area contributed by atoms with Gasteiger partial charge in [-0.15, -0.1) is 11.3 Å². The summed E-state index contributed by atoms with van der Waals surface area (Å²) in [5.74, 6) is 1.32. The molecule has 1 aromatic heterocycles. The van der Waals surface area contributed by atoms with Crippen LogP contribution in [0.25, 0.3) is 11.3 Å². The molecule has 3 aromatic rings. The molecular formula is C21H23N3OS. The Bertz CT molecular complexity index is 872. The molecule has 0 spiro atoms. The van der Waals surface area contributed by atoms with E-state index in [1.807, 2.05) is 42.5 Å². The molecule has 0 saturated carbocycles. The third-order valence-corrected chi connectivity index (χ3v) is 4.57. The van der Waals surface area contributed by atoms with Crippen molar-refractivity contribution in [2.75, 3.05) is 12.0 Å². The highest BCUT2D eigenvalue weighted by atomic mass is 32.1. The smallest absolute Gasteiger partial charge is 0.204 e. The van der Waals surface area contributed by atoms with Gasteiger partial charge in [0.25, 0.3) is 0 Å². The minimum Gasteiger partial charge on any atom is -0.493 e. The topological polar surface area (TPSA) is 46.5 Å². The van der Waals surface area contributed by atoms with Crippen LogP contribution in [-0.2, 0) is 0 Å². The van der Waals surface area contributed by atoms with Crippen molar-refractivity contribution >= 4 is 22.7 Å². The first kappa shape index (κ1) is 18.1. The van der Waals surface area contributed by atoms with Crippen molar-refractivity contribution in [3.63, 3.8) is 0 Å². The van der Waals surface area contributed by atoms with Gasteiger partial charge in [0.1, 0.15) is 5.75 Å². The summed E-state index contributed by atoms with van der Waals surface area (Å²) in [5.41, 5.74) is 6.09. The number of nitrogens with one attached hydrogen (secondary N) is 1. The number of hydrogen-bond donors (Lipinski definition) is 1. The molecule has 0 amide bonds. The molecule has 0 aliphatic carbocycles. The van der Waals surface area contributed by atoms with Crippen molar-refractivity contribution in [2.45, 2.75) is 20.8 Å². The molecule has 1 heterocycles. The third kappa shape index (κ3) is 4.70. The Kier molecular flexibility index (Phi) is 6.02. The summed E-state index contributed by atoms with van der Waals surface area (Å²) in [7, 11) is 0. The first-order chi connectivity index (χ1) is 12.6. The van der Waals surface area contributed by atoms with Crippen LogP contribution in [0, 0.1) is 12.8 Å². The molecule has 134 valence electrons. The van der Waals surface area contributed by atoms with Crippen LogP contribution in [0.2, 0.25) is 0 Å². The molecule has 0 fully saturated rings. The van der Waals surface area contributed by atoms with Crippen molar-refractivity contribution in [1.82, 2.24) is 4.98 Å². The molecule has 1 N–H and O–H groups in total. The Morgan fingerprint density at radius 1 is 1.12 bits per heavy atom. The molecule has 5 heteroatoms. The minimum atomic E-state index is 0.479. The zero-order valence-electron chi connectivity index (χ0n) is 15.3. The summed E-state index contributed by atoms with van der Waals surface area (Å²) in [5, 5.41) is 5.12. The molecule has 0 aliphatic heterocycles. The number of aryl methyl sites for hydroxylation is 1. The predicted molar refractivity (Wildman–Crippen MR) is 110 cm³/mol. The van der Waals surface area contributed by atoms with Gasteiger partial charge < -0.3 is 4.74 Å². The number of ether oxygens (including phenoxy) is 1. The van der Waals surface area contributed by atoms with Crippen LogP contribution < -0.4 is 10.2 Å². The van der Waals surface area contributed by atoms with E-state index in [4.69, 9.17) is 4.74 Å². The van der Waals surface area contributed by atoms with Crippen LogP contribution in [-0.4, -0.2) is 17.8 Å². The van der Waals surface area contributed by atoms with Gasteiger partial charge in [-0.25, -0.2) is 4.98 Å². The highest BCUT2D eigenvalue weighted by molar-refractivity contribution is 7.15. The van der Waals surface area contributed by atoms with Gasteiger partial charge in [0.2, 0.25) is 5.13 Å². The average Bonchev–Trinajstić information content (AvgIpc) is 3.02. The lowest BCUT2D eigenvalue weighted by molar-refractivity contribution is 0.271.